The number of ether oxygens (including phenoxy) is 1. The van der Waals surface area contributed by atoms with E-state index in [0.29, 0.717) is 11.4 Å². The number of hydroxylamine groups is 1. The van der Waals surface area contributed by atoms with Crippen LogP contribution in [0, 0.1) is 5.82 Å². The van der Waals surface area contributed by atoms with Crippen LogP contribution in [0.5, 0.6) is 5.88 Å². The fourth-order valence-corrected chi connectivity index (χ4v) is 3.98. The van der Waals surface area contributed by atoms with Gasteiger partial charge >= 0.3 is 12.1 Å². The van der Waals surface area contributed by atoms with Crippen LogP contribution in [-0.4, -0.2) is 69.4 Å². The van der Waals surface area contributed by atoms with Crippen LogP contribution >= 0.6 is 0 Å². The van der Waals surface area contributed by atoms with Crippen LogP contribution in [0.25, 0.3) is 22.0 Å². The number of carbonyl (C=O) groups is 2. The largest absolute Gasteiger partial charge is 0.490 e. The van der Waals surface area contributed by atoms with Crippen molar-refractivity contribution in [3.05, 3.63) is 53.0 Å². The quantitative estimate of drug-likeness (QED) is 0.213. The third-order valence-electron chi connectivity index (χ3n) is 5.64. The highest BCUT2D eigenvalue weighted by molar-refractivity contribution is 7.92. The first-order valence-electron chi connectivity index (χ1n) is 10.6. The van der Waals surface area contributed by atoms with E-state index in [2.05, 4.69) is 9.97 Å². The number of sulfone groups is 1. The van der Waals surface area contributed by atoms with Crippen molar-refractivity contribution in [2.45, 2.75) is 30.8 Å². The molecule has 0 saturated heterocycles. The Labute approximate surface area is 217 Å². The summed E-state index contributed by atoms with van der Waals surface area (Å²) in [6.45, 7) is 0.937. The molecular weight excluding hydrogens is 556 g/mol. The van der Waals surface area contributed by atoms with Crippen molar-refractivity contribution in [1.82, 2.24) is 20.0 Å². The molecule has 12 nitrogen and oxygen atoms in total. The molecular formula is C22H22F4N4O8S. The predicted molar refractivity (Wildman–Crippen MR) is 127 cm³/mol. The third-order valence-corrected chi connectivity index (χ3v) is 7.67. The molecule has 212 valence electrons. The molecule has 39 heavy (non-hydrogen) atoms. The lowest BCUT2D eigenvalue weighted by atomic mass is 10.0. The second kappa shape index (κ2) is 11.7. The average Bonchev–Trinajstić information content (AvgIpc) is 2.87. The summed E-state index contributed by atoms with van der Waals surface area (Å²) in [5.74, 6) is -4.17. The molecule has 0 fully saturated rings. The standard InChI is InChI=1S/C20H21FN4O6S.C2HF3O2/c1-20(19(27)24-28,32(3,29)30)6-7-25-11-23-16-9-13(15(21)8-14(16)18(25)26)12-4-5-17(31-2)22-10-12;3-2(4,5)1(6)7/h4-5,8-11,28H,6-7H2,1-3H3,(H,24,27);(H,6,7)/t20-;/m1./s1. The minimum Gasteiger partial charge on any atom is -0.481 e. The van der Waals surface area contributed by atoms with Crippen molar-refractivity contribution in [3.8, 4) is 17.0 Å². The van der Waals surface area contributed by atoms with Crippen LogP contribution in [0.1, 0.15) is 13.3 Å². The Balaban J connectivity index is 0.000000673. The molecule has 0 bridgehead atoms. The maximum absolute atomic E-state index is 14.8. The zero-order chi connectivity index (χ0) is 29.8. The summed E-state index contributed by atoms with van der Waals surface area (Å²) in [5.41, 5.74) is 1.64. The Morgan fingerprint density at radius 3 is 2.26 bits per heavy atom. The highest BCUT2D eigenvalue weighted by atomic mass is 32.2. The second-order valence-electron chi connectivity index (χ2n) is 8.18. The zero-order valence-electron chi connectivity index (χ0n) is 20.5. The normalized spacial score (nSPS) is 13.1. The number of hydrogen-bond donors (Lipinski definition) is 3. The smallest absolute Gasteiger partial charge is 0.481 e. The molecule has 0 aliphatic rings. The van der Waals surface area contributed by atoms with E-state index in [9.17, 15) is 35.6 Å². The van der Waals surface area contributed by atoms with Gasteiger partial charge in [-0.05, 0) is 31.5 Å². The monoisotopic (exact) mass is 578 g/mol. The Morgan fingerprint density at radius 1 is 1.18 bits per heavy atom. The van der Waals surface area contributed by atoms with E-state index in [1.165, 1.54) is 31.2 Å². The Bertz CT molecular complexity index is 1540. The number of pyridine rings is 1. The molecule has 1 aromatic carbocycles. The Kier molecular flexibility index (Phi) is 9.35. The molecule has 3 aromatic rings. The van der Waals surface area contributed by atoms with Gasteiger partial charge in [0.2, 0.25) is 5.88 Å². The number of carbonyl (C=O) groups excluding carboxylic acids is 1. The maximum atomic E-state index is 14.8. The molecule has 3 rings (SSSR count). The predicted octanol–water partition coefficient (Wildman–Crippen LogP) is 1.94. The summed E-state index contributed by atoms with van der Waals surface area (Å²) in [7, 11) is -2.47. The number of nitrogens with zero attached hydrogens (tertiary/aromatic N) is 3. The molecule has 0 aliphatic carbocycles. The molecule has 3 N–H and O–H groups in total. The number of alkyl halides is 3. The number of aromatic nitrogens is 3. The average molecular weight is 578 g/mol. The summed E-state index contributed by atoms with van der Waals surface area (Å²) in [4.78, 5) is 41.9. The first-order valence-corrected chi connectivity index (χ1v) is 12.5. The third kappa shape index (κ3) is 7.05. The number of methoxy groups -OCH3 is 1. The van der Waals surface area contributed by atoms with Crippen molar-refractivity contribution >= 4 is 32.6 Å². The van der Waals surface area contributed by atoms with Crippen molar-refractivity contribution in [2.75, 3.05) is 13.4 Å². The number of hydrogen-bond acceptors (Lipinski definition) is 9. The summed E-state index contributed by atoms with van der Waals surface area (Å²) < 4.78 is 74.8. The number of halogens is 4. The molecule has 0 radical (unpaired) electrons. The highest BCUT2D eigenvalue weighted by Gasteiger charge is 2.43. The van der Waals surface area contributed by atoms with Crippen molar-refractivity contribution in [2.24, 2.45) is 0 Å². The van der Waals surface area contributed by atoms with Gasteiger partial charge in [0.15, 0.2) is 14.6 Å². The van der Waals surface area contributed by atoms with Gasteiger partial charge in [0, 0.05) is 36.2 Å². The van der Waals surface area contributed by atoms with Crippen LogP contribution in [0.3, 0.4) is 0 Å². The van der Waals surface area contributed by atoms with Crippen LogP contribution in [0.2, 0.25) is 0 Å². The van der Waals surface area contributed by atoms with E-state index in [1.807, 2.05) is 0 Å². The number of fused-ring (bicyclic) bond motifs is 1. The fourth-order valence-electron chi connectivity index (χ4n) is 3.14. The van der Waals surface area contributed by atoms with E-state index in [0.717, 1.165) is 23.8 Å². The Morgan fingerprint density at radius 2 is 1.79 bits per heavy atom. The second-order valence-corrected chi connectivity index (χ2v) is 10.6. The lowest BCUT2D eigenvalue weighted by Crippen LogP contribution is -2.50. The van der Waals surface area contributed by atoms with Crippen molar-refractivity contribution < 1.29 is 50.6 Å². The molecule has 2 heterocycles. The van der Waals surface area contributed by atoms with Gasteiger partial charge in [0.05, 0.1) is 24.3 Å². The van der Waals surface area contributed by atoms with Gasteiger partial charge in [-0.1, -0.05) is 0 Å². The number of aliphatic carboxylic acids is 1. The molecule has 0 unspecified atom stereocenters. The minimum atomic E-state index is -5.08. The van der Waals surface area contributed by atoms with E-state index in [4.69, 9.17) is 19.8 Å². The number of aryl methyl sites for hydroxylation is 1. The van der Waals surface area contributed by atoms with Crippen LogP contribution in [-0.2, 0) is 26.0 Å². The fraction of sp³-hybridized carbons (Fsp3) is 0.318. The summed E-state index contributed by atoms with van der Waals surface area (Å²) >= 11 is 0. The SMILES string of the molecule is COc1ccc(-c2cc3ncn(CC[C@](C)(C(=O)NO)S(C)(=O)=O)c(=O)c3cc2F)cn1.O=C(O)C(F)(F)F. The lowest BCUT2D eigenvalue weighted by molar-refractivity contribution is -0.192. The van der Waals surface area contributed by atoms with E-state index in [-0.39, 0.29) is 29.4 Å². The van der Waals surface area contributed by atoms with Gasteiger partial charge < -0.3 is 9.84 Å². The van der Waals surface area contributed by atoms with Gasteiger partial charge in [0.1, 0.15) is 5.82 Å². The van der Waals surface area contributed by atoms with Crippen molar-refractivity contribution in [3.63, 3.8) is 0 Å². The first kappa shape index (κ1) is 31.1. The molecule has 2 aromatic heterocycles. The molecule has 17 heteroatoms. The zero-order valence-corrected chi connectivity index (χ0v) is 21.3. The van der Waals surface area contributed by atoms with Gasteiger partial charge in [0.25, 0.3) is 11.5 Å². The van der Waals surface area contributed by atoms with Crippen LogP contribution in [0.4, 0.5) is 17.6 Å². The van der Waals surface area contributed by atoms with Gasteiger partial charge in [-0.15, -0.1) is 0 Å². The van der Waals surface area contributed by atoms with E-state index < -0.39 is 44.0 Å². The van der Waals surface area contributed by atoms with Crippen LogP contribution < -0.4 is 15.8 Å². The van der Waals surface area contributed by atoms with Crippen LogP contribution in [0.15, 0.2) is 41.6 Å². The first-order chi connectivity index (χ1) is 18.0. The number of carboxylic acid groups (broad SMARTS) is 1. The van der Waals surface area contributed by atoms with E-state index in [1.54, 1.807) is 12.1 Å². The number of amides is 1. The minimum absolute atomic E-state index is 0.0112. The van der Waals surface area contributed by atoms with Gasteiger partial charge in [-0.2, -0.15) is 13.2 Å². The molecule has 0 aliphatic heterocycles. The number of benzene rings is 1. The molecule has 1 atom stereocenters. The molecule has 0 saturated carbocycles. The number of nitrogens with one attached hydrogen (secondary N) is 1. The van der Waals surface area contributed by atoms with E-state index >= 15 is 0 Å². The molecule has 1 amide bonds. The number of carboxylic acids is 1. The summed E-state index contributed by atoms with van der Waals surface area (Å²) in [5, 5.41) is 16.0. The Hall–Kier alpha value is -4.12. The van der Waals surface area contributed by atoms with Gasteiger partial charge in [-0.3, -0.25) is 19.4 Å². The lowest BCUT2D eigenvalue weighted by Gasteiger charge is -2.25. The molecule has 0 spiro atoms. The topological polar surface area (TPSA) is 178 Å². The number of rotatable bonds is 7. The maximum Gasteiger partial charge on any atom is 0.490 e. The van der Waals surface area contributed by atoms with Crippen molar-refractivity contribution in [1.29, 1.82) is 0 Å². The summed E-state index contributed by atoms with van der Waals surface area (Å²) in [6, 6.07) is 5.66. The van der Waals surface area contributed by atoms with Gasteiger partial charge in [-0.25, -0.2) is 33.1 Å². The highest BCUT2D eigenvalue weighted by Crippen LogP contribution is 2.27. The summed E-state index contributed by atoms with van der Waals surface area (Å²) in [6.07, 6.45) is -1.92.